The number of hydrogen-bond donors (Lipinski definition) is 3. The molecule has 0 aliphatic heterocycles. The first-order valence-electron chi connectivity index (χ1n) is 4.82. The van der Waals surface area contributed by atoms with Gasteiger partial charge in [-0.25, -0.2) is 0 Å². The molecule has 0 aliphatic rings. The molecule has 0 aliphatic carbocycles. The molecule has 74 valence electrons. The molecule has 0 saturated carbocycles. The number of hydrogen-bond acceptors (Lipinski definition) is 3. The van der Waals surface area contributed by atoms with Crippen molar-refractivity contribution in [1.82, 2.24) is 20.8 Å². The van der Waals surface area contributed by atoms with Gasteiger partial charge in [-0.3, -0.25) is 5.10 Å². The Morgan fingerprint density at radius 3 is 2.92 bits per heavy atom. The summed E-state index contributed by atoms with van der Waals surface area (Å²) in [6.07, 6.45) is 4.93. The smallest absolute Gasteiger partial charge is 0.0532 e. The van der Waals surface area contributed by atoms with Crippen LogP contribution in [0.3, 0.4) is 0 Å². The fourth-order valence-corrected chi connectivity index (χ4v) is 1.12. The predicted molar refractivity (Wildman–Crippen MR) is 53.5 cm³/mol. The Balaban J connectivity index is 1.90. The summed E-state index contributed by atoms with van der Waals surface area (Å²) in [6, 6.07) is 0. The van der Waals surface area contributed by atoms with E-state index < -0.39 is 0 Å². The second-order valence-corrected chi connectivity index (χ2v) is 2.99. The minimum absolute atomic E-state index is 0.905. The molecule has 0 saturated heterocycles. The van der Waals surface area contributed by atoms with Crippen LogP contribution in [0.5, 0.6) is 0 Å². The molecule has 1 aromatic rings. The van der Waals surface area contributed by atoms with Crippen LogP contribution in [0.25, 0.3) is 0 Å². The summed E-state index contributed by atoms with van der Waals surface area (Å²) in [5.41, 5.74) is 1.21. The molecule has 0 spiro atoms. The Bertz CT molecular complexity index is 195. The molecule has 0 radical (unpaired) electrons. The monoisotopic (exact) mass is 182 g/mol. The summed E-state index contributed by atoms with van der Waals surface area (Å²) in [5, 5.41) is 13.3. The van der Waals surface area contributed by atoms with Gasteiger partial charge in [0.1, 0.15) is 0 Å². The van der Waals surface area contributed by atoms with Gasteiger partial charge in [0.05, 0.1) is 6.20 Å². The summed E-state index contributed by atoms with van der Waals surface area (Å²) in [5.74, 6) is 0. The van der Waals surface area contributed by atoms with E-state index >= 15 is 0 Å². The fraction of sp³-hybridized carbons (Fsp3) is 0.667. The van der Waals surface area contributed by atoms with E-state index in [1.165, 1.54) is 12.0 Å². The van der Waals surface area contributed by atoms with Crippen LogP contribution in [0.1, 0.15) is 18.9 Å². The first-order valence-corrected chi connectivity index (χ1v) is 4.82. The van der Waals surface area contributed by atoms with Crippen LogP contribution in [0.4, 0.5) is 0 Å². The second-order valence-electron chi connectivity index (χ2n) is 2.99. The van der Waals surface area contributed by atoms with Crippen LogP contribution in [-0.4, -0.2) is 29.8 Å². The van der Waals surface area contributed by atoms with Gasteiger partial charge in [0.15, 0.2) is 0 Å². The number of nitrogens with zero attached hydrogens (tertiary/aromatic N) is 1. The van der Waals surface area contributed by atoms with E-state index in [4.69, 9.17) is 0 Å². The van der Waals surface area contributed by atoms with E-state index in [0.29, 0.717) is 0 Å². The molecule has 4 heteroatoms. The number of rotatable bonds is 7. The van der Waals surface area contributed by atoms with Gasteiger partial charge in [-0.1, -0.05) is 6.92 Å². The Labute approximate surface area is 79.1 Å². The molecule has 0 unspecified atom stereocenters. The van der Waals surface area contributed by atoms with Gasteiger partial charge in [-0.05, 0) is 26.1 Å². The maximum absolute atomic E-state index is 3.87. The van der Waals surface area contributed by atoms with Crippen LogP contribution < -0.4 is 10.6 Å². The topological polar surface area (TPSA) is 52.7 Å². The standard InChI is InChI=1S/C9H18N4/c1-2-10-4-3-5-11-6-9-7-12-13-8-9/h7-8,10-11H,2-6H2,1H3,(H,12,13). The number of nitrogens with one attached hydrogen (secondary N) is 3. The average Bonchev–Trinajstić information content (AvgIpc) is 2.63. The predicted octanol–water partition coefficient (Wildman–Crippen LogP) is 0.499. The number of H-pyrrole nitrogens is 1. The van der Waals surface area contributed by atoms with Crippen LogP contribution in [-0.2, 0) is 6.54 Å². The van der Waals surface area contributed by atoms with Gasteiger partial charge in [0.2, 0.25) is 0 Å². The van der Waals surface area contributed by atoms with Crippen molar-refractivity contribution in [3.05, 3.63) is 18.0 Å². The van der Waals surface area contributed by atoms with Crippen LogP contribution in [0.15, 0.2) is 12.4 Å². The zero-order valence-electron chi connectivity index (χ0n) is 8.14. The highest BCUT2D eigenvalue weighted by atomic mass is 15.1. The van der Waals surface area contributed by atoms with E-state index in [9.17, 15) is 0 Å². The highest BCUT2D eigenvalue weighted by Gasteiger charge is 1.91. The van der Waals surface area contributed by atoms with E-state index in [-0.39, 0.29) is 0 Å². The Hall–Kier alpha value is -0.870. The third-order valence-electron chi connectivity index (χ3n) is 1.84. The Kier molecular flexibility index (Phi) is 5.20. The van der Waals surface area contributed by atoms with Crippen LogP contribution in [0.2, 0.25) is 0 Å². The van der Waals surface area contributed by atoms with Crippen molar-refractivity contribution in [3.8, 4) is 0 Å². The lowest BCUT2D eigenvalue weighted by Crippen LogP contribution is -2.21. The molecule has 13 heavy (non-hydrogen) atoms. The van der Waals surface area contributed by atoms with Gasteiger partial charge in [0.25, 0.3) is 0 Å². The quantitative estimate of drug-likeness (QED) is 0.538. The molecule has 1 heterocycles. The summed E-state index contributed by atoms with van der Waals surface area (Å²) < 4.78 is 0. The first-order chi connectivity index (χ1) is 6.43. The zero-order valence-corrected chi connectivity index (χ0v) is 8.14. The van der Waals surface area contributed by atoms with Crippen molar-refractivity contribution in [1.29, 1.82) is 0 Å². The molecular formula is C9H18N4. The second kappa shape index (κ2) is 6.62. The van der Waals surface area contributed by atoms with Gasteiger partial charge >= 0.3 is 0 Å². The van der Waals surface area contributed by atoms with E-state index in [1.54, 1.807) is 0 Å². The highest BCUT2D eigenvalue weighted by molar-refractivity contribution is 5.01. The lowest BCUT2D eigenvalue weighted by molar-refractivity contribution is 0.606. The van der Waals surface area contributed by atoms with Gasteiger partial charge in [-0.15, -0.1) is 0 Å². The largest absolute Gasteiger partial charge is 0.317 e. The SMILES string of the molecule is CCNCCCNCc1cn[nH]c1. The Morgan fingerprint density at radius 2 is 2.23 bits per heavy atom. The van der Waals surface area contributed by atoms with Gasteiger partial charge < -0.3 is 10.6 Å². The summed E-state index contributed by atoms with van der Waals surface area (Å²) in [7, 11) is 0. The van der Waals surface area contributed by atoms with E-state index in [1.807, 2.05) is 12.4 Å². The average molecular weight is 182 g/mol. The zero-order chi connectivity index (χ0) is 9.36. The fourth-order valence-electron chi connectivity index (χ4n) is 1.12. The molecule has 0 bridgehead atoms. The lowest BCUT2D eigenvalue weighted by atomic mass is 10.3. The van der Waals surface area contributed by atoms with Crippen LogP contribution >= 0.6 is 0 Å². The van der Waals surface area contributed by atoms with Crippen molar-refractivity contribution < 1.29 is 0 Å². The molecule has 0 aromatic carbocycles. The molecule has 0 fully saturated rings. The molecule has 1 aromatic heterocycles. The van der Waals surface area contributed by atoms with Gasteiger partial charge in [-0.2, -0.15) is 5.10 Å². The minimum atomic E-state index is 0.905. The molecular weight excluding hydrogens is 164 g/mol. The molecule has 0 amide bonds. The summed E-state index contributed by atoms with van der Waals surface area (Å²) >= 11 is 0. The Morgan fingerprint density at radius 1 is 1.38 bits per heavy atom. The van der Waals surface area contributed by atoms with Crippen molar-refractivity contribution in [2.75, 3.05) is 19.6 Å². The third-order valence-corrected chi connectivity index (χ3v) is 1.84. The lowest BCUT2D eigenvalue weighted by Gasteiger charge is -2.02. The molecule has 0 atom stereocenters. The maximum Gasteiger partial charge on any atom is 0.0532 e. The third kappa shape index (κ3) is 4.65. The maximum atomic E-state index is 3.87. The van der Waals surface area contributed by atoms with E-state index in [0.717, 1.165) is 26.2 Å². The van der Waals surface area contributed by atoms with Crippen molar-refractivity contribution in [2.24, 2.45) is 0 Å². The number of aromatic nitrogens is 2. The van der Waals surface area contributed by atoms with Crippen molar-refractivity contribution in [3.63, 3.8) is 0 Å². The highest BCUT2D eigenvalue weighted by Crippen LogP contribution is 1.91. The first kappa shape index (κ1) is 10.2. The van der Waals surface area contributed by atoms with Gasteiger partial charge in [0, 0.05) is 18.3 Å². The van der Waals surface area contributed by atoms with Crippen molar-refractivity contribution in [2.45, 2.75) is 19.9 Å². The normalized spacial score (nSPS) is 10.5. The summed E-state index contributed by atoms with van der Waals surface area (Å²) in [4.78, 5) is 0. The van der Waals surface area contributed by atoms with Crippen LogP contribution in [0, 0.1) is 0 Å². The number of aromatic amines is 1. The summed E-state index contributed by atoms with van der Waals surface area (Å²) in [6.45, 7) is 6.23. The molecule has 3 N–H and O–H groups in total. The molecule has 1 rings (SSSR count). The molecule has 4 nitrogen and oxygen atoms in total. The van der Waals surface area contributed by atoms with Crippen molar-refractivity contribution >= 4 is 0 Å². The minimum Gasteiger partial charge on any atom is -0.317 e. The van der Waals surface area contributed by atoms with E-state index in [2.05, 4.69) is 27.8 Å².